The molecular formula is C26H33N7O3. The lowest BCUT2D eigenvalue weighted by molar-refractivity contribution is 0.0375. The van der Waals surface area contributed by atoms with E-state index < -0.39 is 0 Å². The van der Waals surface area contributed by atoms with E-state index in [1.54, 1.807) is 25.7 Å². The molecule has 190 valence electrons. The van der Waals surface area contributed by atoms with Crippen LogP contribution in [0.15, 0.2) is 55.1 Å². The average Bonchev–Trinajstić information content (AvgIpc) is 2.92. The summed E-state index contributed by atoms with van der Waals surface area (Å²) in [6.07, 6.45) is 7.84. The second-order valence-corrected chi connectivity index (χ2v) is 8.55. The zero-order valence-corrected chi connectivity index (χ0v) is 20.7. The van der Waals surface area contributed by atoms with Gasteiger partial charge in [-0.2, -0.15) is 0 Å². The predicted octanol–water partition coefficient (Wildman–Crippen LogP) is 3.56. The molecular weight excluding hydrogens is 458 g/mol. The van der Waals surface area contributed by atoms with E-state index in [2.05, 4.69) is 30.8 Å². The van der Waals surface area contributed by atoms with Crippen molar-refractivity contribution >= 4 is 17.5 Å². The molecule has 1 unspecified atom stereocenters. The second kappa shape index (κ2) is 12.8. The summed E-state index contributed by atoms with van der Waals surface area (Å²) in [4.78, 5) is 28.0. The van der Waals surface area contributed by atoms with Gasteiger partial charge in [0.2, 0.25) is 0 Å². The fourth-order valence-electron chi connectivity index (χ4n) is 3.96. The first-order chi connectivity index (χ1) is 17.6. The third-order valence-corrected chi connectivity index (χ3v) is 5.97. The SMILES string of the molecule is COc1cc(-c2cncc(NC(C)c3cccnc3)n2)ccc1NC(=O)NCCCN1CCOCC1. The first-order valence-corrected chi connectivity index (χ1v) is 12.1. The van der Waals surface area contributed by atoms with Crippen LogP contribution in [0.1, 0.15) is 24.9 Å². The predicted molar refractivity (Wildman–Crippen MR) is 139 cm³/mol. The molecule has 1 aromatic carbocycles. The van der Waals surface area contributed by atoms with Crippen LogP contribution >= 0.6 is 0 Å². The molecule has 1 aliphatic rings. The summed E-state index contributed by atoms with van der Waals surface area (Å²) in [5.41, 5.74) is 3.16. The van der Waals surface area contributed by atoms with Crippen molar-refractivity contribution in [3.05, 3.63) is 60.7 Å². The first-order valence-electron chi connectivity index (χ1n) is 12.1. The molecule has 1 saturated heterocycles. The van der Waals surface area contributed by atoms with E-state index in [1.165, 1.54) is 0 Å². The molecule has 0 aliphatic carbocycles. The topological polar surface area (TPSA) is 114 Å². The number of benzene rings is 1. The molecule has 3 aromatic rings. The van der Waals surface area contributed by atoms with Crippen LogP contribution in [0, 0.1) is 0 Å². The van der Waals surface area contributed by atoms with Gasteiger partial charge in [0.15, 0.2) is 0 Å². The number of carbonyl (C=O) groups is 1. The molecule has 10 heteroatoms. The van der Waals surface area contributed by atoms with Crippen molar-refractivity contribution in [2.75, 3.05) is 57.1 Å². The molecule has 0 saturated carbocycles. The van der Waals surface area contributed by atoms with Crippen LogP contribution in [0.3, 0.4) is 0 Å². The first kappa shape index (κ1) is 25.3. The summed E-state index contributed by atoms with van der Waals surface area (Å²) < 4.78 is 10.9. The Bertz CT molecular complexity index is 1120. The molecule has 2 aromatic heterocycles. The van der Waals surface area contributed by atoms with Gasteiger partial charge >= 0.3 is 6.03 Å². The number of hydrogen-bond acceptors (Lipinski definition) is 8. The number of ether oxygens (including phenoxy) is 2. The number of methoxy groups -OCH3 is 1. The molecule has 1 aliphatic heterocycles. The summed E-state index contributed by atoms with van der Waals surface area (Å²) in [5, 5.41) is 9.14. The van der Waals surface area contributed by atoms with Gasteiger partial charge < -0.3 is 25.4 Å². The number of amides is 2. The number of nitrogens with zero attached hydrogens (tertiary/aromatic N) is 4. The zero-order valence-electron chi connectivity index (χ0n) is 20.7. The van der Waals surface area contributed by atoms with Gasteiger partial charge in [-0.05, 0) is 43.7 Å². The van der Waals surface area contributed by atoms with Crippen molar-refractivity contribution in [3.8, 4) is 17.0 Å². The molecule has 3 N–H and O–H groups in total. The van der Waals surface area contributed by atoms with Gasteiger partial charge in [-0.15, -0.1) is 0 Å². The molecule has 0 bridgehead atoms. The molecule has 36 heavy (non-hydrogen) atoms. The number of pyridine rings is 1. The van der Waals surface area contributed by atoms with Crippen LogP contribution in [-0.2, 0) is 4.74 Å². The van der Waals surface area contributed by atoms with Crippen molar-refractivity contribution < 1.29 is 14.3 Å². The van der Waals surface area contributed by atoms with Crippen LogP contribution in [0.4, 0.5) is 16.3 Å². The number of urea groups is 1. The second-order valence-electron chi connectivity index (χ2n) is 8.55. The molecule has 0 radical (unpaired) electrons. The largest absolute Gasteiger partial charge is 0.495 e. The van der Waals surface area contributed by atoms with E-state index in [9.17, 15) is 4.79 Å². The maximum Gasteiger partial charge on any atom is 0.319 e. The minimum Gasteiger partial charge on any atom is -0.495 e. The van der Waals surface area contributed by atoms with Crippen molar-refractivity contribution in [1.82, 2.24) is 25.2 Å². The minimum absolute atomic E-state index is 0.0248. The fraction of sp³-hybridized carbons (Fsp3) is 0.385. The summed E-state index contributed by atoms with van der Waals surface area (Å²) in [7, 11) is 1.57. The lowest BCUT2D eigenvalue weighted by Gasteiger charge is -2.26. The third-order valence-electron chi connectivity index (χ3n) is 5.97. The number of nitrogens with one attached hydrogen (secondary N) is 3. The maximum atomic E-state index is 12.4. The van der Waals surface area contributed by atoms with Gasteiger partial charge in [0, 0.05) is 37.6 Å². The Hall–Kier alpha value is -3.76. The number of anilines is 2. The highest BCUT2D eigenvalue weighted by Crippen LogP contribution is 2.30. The van der Waals surface area contributed by atoms with E-state index in [0.717, 1.165) is 50.4 Å². The lowest BCUT2D eigenvalue weighted by Crippen LogP contribution is -2.38. The Balaban J connectivity index is 1.34. The Kier molecular flexibility index (Phi) is 9.01. The number of morpholine rings is 1. The van der Waals surface area contributed by atoms with Gasteiger partial charge in [0.05, 0.1) is 50.1 Å². The van der Waals surface area contributed by atoms with Gasteiger partial charge in [0.25, 0.3) is 0 Å². The van der Waals surface area contributed by atoms with E-state index in [0.29, 0.717) is 29.5 Å². The number of rotatable bonds is 10. The molecule has 4 rings (SSSR count). The molecule has 10 nitrogen and oxygen atoms in total. The van der Waals surface area contributed by atoms with Gasteiger partial charge in [-0.1, -0.05) is 12.1 Å². The number of carbonyl (C=O) groups excluding carboxylic acids is 1. The number of aromatic nitrogens is 3. The summed E-state index contributed by atoms with van der Waals surface area (Å²) in [5.74, 6) is 1.20. The van der Waals surface area contributed by atoms with Crippen LogP contribution in [0.25, 0.3) is 11.3 Å². The third kappa shape index (κ3) is 7.12. The zero-order chi connectivity index (χ0) is 25.2. The minimum atomic E-state index is -0.265. The summed E-state index contributed by atoms with van der Waals surface area (Å²) >= 11 is 0. The Labute approximate surface area is 211 Å². The maximum absolute atomic E-state index is 12.4. The van der Waals surface area contributed by atoms with Gasteiger partial charge in [0.1, 0.15) is 11.6 Å². The van der Waals surface area contributed by atoms with Crippen molar-refractivity contribution in [3.63, 3.8) is 0 Å². The van der Waals surface area contributed by atoms with E-state index in [4.69, 9.17) is 14.5 Å². The normalized spacial score (nSPS) is 14.6. The van der Waals surface area contributed by atoms with Crippen LogP contribution in [0.2, 0.25) is 0 Å². The molecule has 1 fully saturated rings. The quantitative estimate of drug-likeness (QED) is 0.369. The smallest absolute Gasteiger partial charge is 0.319 e. The van der Waals surface area contributed by atoms with Crippen molar-refractivity contribution in [1.29, 1.82) is 0 Å². The average molecular weight is 492 g/mol. The summed E-state index contributed by atoms with van der Waals surface area (Å²) in [6, 6.07) is 9.21. The monoisotopic (exact) mass is 491 g/mol. The molecule has 2 amide bonds. The standard InChI is InChI=1S/C26H33N7O3/c1-19(21-5-3-8-27-16-21)30-25-18-28-17-23(31-25)20-6-7-22(24(15-20)35-2)32-26(34)29-9-4-10-33-11-13-36-14-12-33/h3,5-8,15-19H,4,9-14H2,1-2H3,(H,30,31)(H2,29,32,34). The van der Waals surface area contributed by atoms with Crippen molar-refractivity contribution in [2.24, 2.45) is 0 Å². The van der Waals surface area contributed by atoms with E-state index in [-0.39, 0.29) is 12.1 Å². The fourth-order valence-corrected chi connectivity index (χ4v) is 3.96. The van der Waals surface area contributed by atoms with Crippen LogP contribution < -0.4 is 20.7 Å². The highest BCUT2D eigenvalue weighted by Gasteiger charge is 2.13. The Morgan fingerprint density at radius 2 is 2.03 bits per heavy atom. The Morgan fingerprint density at radius 3 is 2.81 bits per heavy atom. The highest BCUT2D eigenvalue weighted by molar-refractivity contribution is 5.91. The highest BCUT2D eigenvalue weighted by atomic mass is 16.5. The Morgan fingerprint density at radius 1 is 1.17 bits per heavy atom. The van der Waals surface area contributed by atoms with Crippen LogP contribution in [0.5, 0.6) is 5.75 Å². The van der Waals surface area contributed by atoms with E-state index >= 15 is 0 Å². The molecule has 0 spiro atoms. The molecule has 1 atom stereocenters. The number of hydrogen-bond donors (Lipinski definition) is 3. The van der Waals surface area contributed by atoms with Crippen molar-refractivity contribution in [2.45, 2.75) is 19.4 Å². The van der Waals surface area contributed by atoms with Gasteiger partial charge in [-0.3, -0.25) is 14.9 Å². The summed E-state index contributed by atoms with van der Waals surface area (Å²) in [6.45, 7) is 7.03. The lowest BCUT2D eigenvalue weighted by atomic mass is 10.1. The van der Waals surface area contributed by atoms with Gasteiger partial charge in [-0.25, -0.2) is 9.78 Å². The van der Waals surface area contributed by atoms with Crippen LogP contribution in [-0.4, -0.2) is 72.4 Å². The molecule has 3 heterocycles. The van der Waals surface area contributed by atoms with E-state index in [1.807, 2.05) is 43.5 Å².